The molecule has 10 heteroatoms. The van der Waals surface area contributed by atoms with Crippen LogP contribution in [0.5, 0.6) is 11.5 Å². The number of rotatable bonds is 4. The number of fused-ring (bicyclic) bond motifs is 2. The summed E-state index contributed by atoms with van der Waals surface area (Å²) < 4.78 is 16.0. The second kappa shape index (κ2) is 7.84. The normalized spacial score (nSPS) is 16.9. The Kier molecular flexibility index (Phi) is 4.87. The van der Waals surface area contributed by atoms with E-state index >= 15 is 0 Å². The summed E-state index contributed by atoms with van der Waals surface area (Å²) in [6.07, 6.45) is 1.29. The molecule has 2 aromatic carbocycles. The van der Waals surface area contributed by atoms with E-state index in [-0.39, 0.29) is 24.4 Å². The average Bonchev–Trinajstić information content (AvgIpc) is 3.34. The Hall–Kier alpha value is -3.72. The predicted molar refractivity (Wildman–Crippen MR) is 112 cm³/mol. The molecule has 0 spiro atoms. The van der Waals surface area contributed by atoms with Crippen LogP contribution in [0.1, 0.15) is 5.56 Å². The van der Waals surface area contributed by atoms with Crippen LogP contribution in [0, 0.1) is 0 Å². The Bertz CT molecular complexity index is 1130. The number of nitrogens with one attached hydrogen (secondary N) is 1. The number of anilines is 1. The maximum Gasteiger partial charge on any atom is 0.348 e. The number of amides is 3. The Morgan fingerprint density at radius 2 is 2.00 bits per heavy atom. The molecule has 9 nitrogen and oxygen atoms in total. The summed E-state index contributed by atoms with van der Waals surface area (Å²) in [6, 6.07) is 12.1. The molecular formula is C21H17ClN4O5. The van der Waals surface area contributed by atoms with E-state index in [4.69, 9.17) is 25.8 Å². The van der Waals surface area contributed by atoms with Crippen molar-refractivity contribution in [2.75, 3.05) is 25.2 Å². The zero-order chi connectivity index (χ0) is 21.4. The third kappa shape index (κ3) is 3.87. The van der Waals surface area contributed by atoms with Gasteiger partial charge in [-0.05, 0) is 29.8 Å². The molecule has 0 saturated heterocycles. The van der Waals surface area contributed by atoms with Gasteiger partial charge < -0.3 is 24.4 Å². The Balaban J connectivity index is 1.28. The summed E-state index contributed by atoms with van der Waals surface area (Å²) in [5.74, 6) is 0.801. The first-order valence-electron chi connectivity index (χ1n) is 9.54. The minimum Gasteiger partial charge on any atom is -0.454 e. The molecule has 0 atom stereocenters. The highest BCUT2D eigenvalue weighted by Gasteiger charge is 2.34. The van der Waals surface area contributed by atoms with E-state index < -0.39 is 6.03 Å². The third-order valence-corrected chi connectivity index (χ3v) is 5.21. The maximum absolute atomic E-state index is 12.8. The Morgan fingerprint density at radius 1 is 1.13 bits per heavy atom. The SMILES string of the molecule is O=C(Nc1ccc2c(c1)OCO2)C1=COC2=NC(=O)N(Cc3cccc(Cl)c3)CCN12. The van der Waals surface area contributed by atoms with E-state index in [9.17, 15) is 9.59 Å². The smallest absolute Gasteiger partial charge is 0.348 e. The van der Waals surface area contributed by atoms with Gasteiger partial charge in [0.05, 0.1) is 0 Å². The summed E-state index contributed by atoms with van der Waals surface area (Å²) in [6.45, 7) is 1.22. The Morgan fingerprint density at radius 3 is 2.87 bits per heavy atom. The first kappa shape index (κ1) is 19.3. The van der Waals surface area contributed by atoms with E-state index in [0.29, 0.717) is 41.8 Å². The highest BCUT2D eigenvalue weighted by atomic mass is 35.5. The summed E-state index contributed by atoms with van der Waals surface area (Å²) in [5, 5.41) is 3.40. The van der Waals surface area contributed by atoms with Gasteiger partial charge in [0.15, 0.2) is 11.5 Å². The van der Waals surface area contributed by atoms with Crippen molar-refractivity contribution in [2.45, 2.75) is 6.54 Å². The topological polar surface area (TPSA) is 92.7 Å². The van der Waals surface area contributed by atoms with Crippen molar-refractivity contribution in [3.63, 3.8) is 0 Å². The van der Waals surface area contributed by atoms with Gasteiger partial charge in [0.25, 0.3) is 5.91 Å². The largest absolute Gasteiger partial charge is 0.454 e. The van der Waals surface area contributed by atoms with Crippen molar-refractivity contribution in [3.8, 4) is 11.5 Å². The second-order valence-corrected chi connectivity index (χ2v) is 7.46. The number of ether oxygens (including phenoxy) is 3. The van der Waals surface area contributed by atoms with Crippen molar-refractivity contribution >= 4 is 35.2 Å². The van der Waals surface area contributed by atoms with Gasteiger partial charge in [0.1, 0.15) is 12.0 Å². The molecule has 2 aromatic rings. The van der Waals surface area contributed by atoms with Crippen molar-refractivity contribution in [2.24, 2.45) is 4.99 Å². The quantitative estimate of drug-likeness (QED) is 0.785. The zero-order valence-corrected chi connectivity index (χ0v) is 17.0. The van der Waals surface area contributed by atoms with Crippen LogP contribution in [-0.2, 0) is 16.1 Å². The number of urea groups is 1. The fraction of sp³-hybridized carbons (Fsp3) is 0.190. The summed E-state index contributed by atoms with van der Waals surface area (Å²) in [4.78, 5) is 32.6. The van der Waals surface area contributed by atoms with Crippen molar-refractivity contribution < 1.29 is 23.8 Å². The van der Waals surface area contributed by atoms with Gasteiger partial charge in [0.2, 0.25) is 6.79 Å². The number of halogens is 1. The fourth-order valence-corrected chi connectivity index (χ4v) is 3.67. The molecule has 158 valence electrons. The number of carbonyl (C=O) groups is 2. The molecule has 31 heavy (non-hydrogen) atoms. The number of carbonyl (C=O) groups excluding carboxylic acids is 2. The molecule has 0 bridgehead atoms. The molecule has 0 aliphatic carbocycles. The van der Waals surface area contributed by atoms with E-state index in [0.717, 1.165) is 5.56 Å². The van der Waals surface area contributed by atoms with Gasteiger partial charge >= 0.3 is 12.1 Å². The van der Waals surface area contributed by atoms with Crippen molar-refractivity contribution in [3.05, 3.63) is 65.0 Å². The minimum absolute atomic E-state index is 0.0782. The third-order valence-electron chi connectivity index (χ3n) is 4.98. The van der Waals surface area contributed by atoms with Crippen LogP contribution < -0.4 is 14.8 Å². The van der Waals surface area contributed by atoms with Crippen LogP contribution in [0.15, 0.2) is 59.4 Å². The van der Waals surface area contributed by atoms with Gasteiger partial charge in [-0.3, -0.25) is 9.69 Å². The van der Waals surface area contributed by atoms with E-state index in [1.807, 2.05) is 12.1 Å². The molecule has 3 heterocycles. The molecule has 0 aromatic heterocycles. The number of aliphatic imine (C=N–C) groups is 1. The number of hydrogen-bond acceptors (Lipinski definition) is 6. The van der Waals surface area contributed by atoms with Crippen LogP contribution in [0.4, 0.5) is 10.5 Å². The first-order valence-corrected chi connectivity index (χ1v) is 9.92. The standard InChI is InChI=1S/C21H17ClN4O5/c22-14-3-1-2-13(8-14)10-25-6-7-26-16(11-29-21(26)24-20(25)28)19(27)23-15-4-5-17-18(9-15)31-12-30-17/h1-5,8-9,11H,6-7,10,12H2,(H,23,27). The molecule has 0 unspecified atom stereocenters. The molecule has 3 amide bonds. The lowest BCUT2D eigenvalue weighted by Crippen LogP contribution is -2.36. The molecule has 1 N–H and O–H groups in total. The van der Waals surface area contributed by atoms with E-state index in [1.54, 1.807) is 40.1 Å². The second-order valence-electron chi connectivity index (χ2n) is 7.02. The first-order chi connectivity index (χ1) is 15.1. The molecular weight excluding hydrogens is 424 g/mol. The molecule has 3 aliphatic heterocycles. The van der Waals surface area contributed by atoms with Gasteiger partial charge in [-0.25, -0.2) is 4.79 Å². The van der Waals surface area contributed by atoms with Crippen molar-refractivity contribution in [1.29, 1.82) is 0 Å². The predicted octanol–water partition coefficient (Wildman–Crippen LogP) is 3.17. The Labute approximate surface area is 182 Å². The molecule has 0 saturated carbocycles. The van der Waals surface area contributed by atoms with Crippen LogP contribution in [0.3, 0.4) is 0 Å². The fourth-order valence-electron chi connectivity index (χ4n) is 3.46. The molecule has 0 radical (unpaired) electrons. The monoisotopic (exact) mass is 440 g/mol. The summed E-state index contributed by atoms with van der Waals surface area (Å²) in [5.41, 5.74) is 1.70. The summed E-state index contributed by atoms with van der Waals surface area (Å²) >= 11 is 6.03. The van der Waals surface area contributed by atoms with Gasteiger partial charge in [-0.1, -0.05) is 23.7 Å². The van der Waals surface area contributed by atoms with Crippen LogP contribution in [-0.4, -0.2) is 47.6 Å². The lowest BCUT2D eigenvalue weighted by Gasteiger charge is -2.21. The highest BCUT2D eigenvalue weighted by Crippen LogP contribution is 2.34. The van der Waals surface area contributed by atoms with E-state index in [1.165, 1.54) is 6.26 Å². The number of benzene rings is 2. The summed E-state index contributed by atoms with van der Waals surface area (Å²) in [7, 11) is 0. The maximum atomic E-state index is 12.8. The minimum atomic E-state index is -0.441. The lowest BCUT2D eigenvalue weighted by atomic mass is 10.2. The van der Waals surface area contributed by atoms with Crippen LogP contribution in [0.2, 0.25) is 5.02 Å². The molecule has 5 rings (SSSR count). The number of nitrogens with zero attached hydrogens (tertiary/aromatic N) is 3. The number of hydrogen-bond donors (Lipinski definition) is 1. The molecule has 3 aliphatic rings. The van der Waals surface area contributed by atoms with Gasteiger partial charge in [-0.2, -0.15) is 0 Å². The zero-order valence-electron chi connectivity index (χ0n) is 16.2. The van der Waals surface area contributed by atoms with Crippen LogP contribution in [0.25, 0.3) is 0 Å². The van der Waals surface area contributed by atoms with E-state index in [2.05, 4.69) is 10.3 Å². The van der Waals surface area contributed by atoms with Gasteiger partial charge in [-0.15, -0.1) is 4.99 Å². The lowest BCUT2D eigenvalue weighted by molar-refractivity contribution is -0.113. The highest BCUT2D eigenvalue weighted by molar-refractivity contribution is 6.30. The molecule has 0 fully saturated rings. The average molecular weight is 441 g/mol. The van der Waals surface area contributed by atoms with Gasteiger partial charge in [0, 0.05) is 36.4 Å². The van der Waals surface area contributed by atoms with Crippen molar-refractivity contribution in [1.82, 2.24) is 9.80 Å². The number of amidine groups is 1. The van der Waals surface area contributed by atoms with Crippen LogP contribution >= 0.6 is 11.6 Å².